The highest BCUT2D eigenvalue weighted by atomic mass is 16.6. The molecule has 2 fully saturated rings. The second-order valence-corrected chi connectivity index (χ2v) is 8.73. The molecule has 1 aromatic carbocycles. The Morgan fingerprint density at radius 2 is 1.93 bits per heavy atom. The summed E-state index contributed by atoms with van der Waals surface area (Å²) in [6.45, 7) is 5.39. The van der Waals surface area contributed by atoms with E-state index in [1.807, 2.05) is 24.3 Å². The molecule has 1 saturated carbocycles. The van der Waals surface area contributed by atoms with Crippen molar-refractivity contribution in [2.24, 2.45) is 11.3 Å². The number of likely N-dealkylation sites (tertiary alicyclic amines) is 1. The smallest absolute Gasteiger partial charge is 0.318 e. The molecule has 0 unspecified atom stereocenters. The van der Waals surface area contributed by atoms with Gasteiger partial charge < -0.3 is 19.5 Å². The van der Waals surface area contributed by atoms with Gasteiger partial charge in [0.15, 0.2) is 5.72 Å². The summed E-state index contributed by atoms with van der Waals surface area (Å²) in [4.78, 5) is 26.9. The van der Waals surface area contributed by atoms with E-state index in [1.165, 1.54) is 4.90 Å². The van der Waals surface area contributed by atoms with E-state index in [4.69, 9.17) is 9.47 Å². The predicted octanol–water partition coefficient (Wildman–Crippen LogP) is 2.53. The molecule has 1 amide bonds. The molecule has 1 saturated heterocycles. The largest absolute Gasteiger partial charge is 0.497 e. The molecule has 3 atom stereocenters. The molecule has 0 spiro atoms. The number of benzene rings is 1. The lowest BCUT2D eigenvalue weighted by Gasteiger charge is -2.42. The Morgan fingerprint density at radius 1 is 1.30 bits per heavy atom. The summed E-state index contributed by atoms with van der Waals surface area (Å²) in [6.07, 6.45) is 1.66. The van der Waals surface area contributed by atoms with Crippen molar-refractivity contribution in [2.75, 3.05) is 14.2 Å². The third kappa shape index (κ3) is 3.10. The molecular weight excluding hydrogens is 346 g/mol. The van der Waals surface area contributed by atoms with E-state index >= 15 is 0 Å². The predicted molar refractivity (Wildman–Crippen MR) is 100 cm³/mol. The number of hydrogen-bond donors (Lipinski definition) is 1. The van der Waals surface area contributed by atoms with Crippen molar-refractivity contribution < 1.29 is 24.2 Å². The SMILES string of the molecule is COc1ccc(C[C@@H]2CC[C@]3(C(=O)OC(C)(C)C)CC(=O)N(C)[C@]23O)cc1. The summed E-state index contributed by atoms with van der Waals surface area (Å²) in [7, 11) is 3.20. The molecule has 1 aliphatic carbocycles. The molecule has 1 N–H and O–H groups in total. The zero-order valence-corrected chi connectivity index (χ0v) is 16.7. The fourth-order valence-electron chi connectivity index (χ4n) is 4.57. The molecule has 1 heterocycles. The first-order chi connectivity index (χ1) is 12.5. The Hall–Kier alpha value is -2.08. The number of methoxy groups -OCH3 is 1. The van der Waals surface area contributed by atoms with Crippen LogP contribution in [0.1, 0.15) is 45.6 Å². The fraction of sp³-hybridized carbons (Fsp3) is 0.619. The van der Waals surface area contributed by atoms with E-state index < -0.39 is 22.7 Å². The van der Waals surface area contributed by atoms with Crippen molar-refractivity contribution in [1.82, 2.24) is 4.90 Å². The summed E-state index contributed by atoms with van der Waals surface area (Å²) in [5, 5.41) is 11.7. The molecule has 148 valence electrons. The minimum atomic E-state index is -1.54. The number of amides is 1. The third-order valence-electron chi connectivity index (χ3n) is 5.96. The van der Waals surface area contributed by atoms with Crippen LogP contribution >= 0.6 is 0 Å². The number of hydrogen-bond acceptors (Lipinski definition) is 5. The third-order valence-corrected chi connectivity index (χ3v) is 5.96. The molecule has 3 rings (SSSR count). The average molecular weight is 375 g/mol. The fourth-order valence-corrected chi connectivity index (χ4v) is 4.57. The van der Waals surface area contributed by atoms with E-state index in [0.717, 1.165) is 11.3 Å². The molecule has 1 aromatic rings. The number of fused-ring (bicyclic) bond motifs is 1. The van der Waals surface area contributed by atoms with Crippen molar-refractivity contribution in [1.29, 1.82) is 0 Å². The van der Waals surface area contributed by atoms with E-state index in [0.29, 0.717) is 19.3 Å². The highest BCUT2D eigenvalue weighted by molar-refractivity contribution is 5.92. The molecule has 6 heteroatoms. The molecule has 1 aliphatic heterocycles. The zero-order chi connectivity index (χ0) is 20.0. The second kappa shape index (κ2) is 6.51. The van der Waals surface area contributed by atoms with Gasteiger partial charge in [-0.2, -0.15) is 0 Å². The van der Waals surface area contributed by atoms with Gasteiger partial charge in [-0.15, -0.1) is 0 Å². The number of esters is 1. The van der Waals surface area contributed by atoms with Crippen LogP contribution in [0.3, 0.4) is 0 Å². The average Bonchev–Trinajstić information content (AvgIpc) is 2.98. The van der Waals surface area contributed by atoms with Crippen LogP contribution in [0.5, 0.6) is 5.75 Å². The number of ether oxygens (including phenoxy) is 2. The maximum Gasteiger partial charge on any atom is 0.318 e. The minimum absolute atomic E-state index is 0.00593. The van der Waals surface area contributed by atoms with E-state index in [1.54, 1.807) is 34.9 Å². The van der Waals surface area contributed by atoms with Crippen LogP contribution in [0.2, 0.25) is 0 Å². The van der Waals surface area contributed by atoms with E-state index in [2.05, 4.69) is 0 Å². The van der Waals surface area contributed by atoms with Crippen molar-refractivity contribution >= 4 is 11.9 Å². The van der Waals surface area contributed by atoms with E-state index in [9.17, 15) is 14.7 Å². The maximum absolute atomic E-state index is 13.1. The van der Waals surface area contributed by atoms with Crippen LogP contribution in [-0.2, 0) is 20.7 Å². The molecular formula is C21H29NO5. The van der Waals surface area contributed by atoms with Crippen LogP contribution < -0.4 is 4.74 Å². The summed E-state index contributed by atoms with van der Waals surface area (Å²) in [5.41, 5.74) is -2.39. The molecule has 0 radical (unpaired) electrons. The van der Waals surface area contributed by atoms with Gasteiger partial charge in [0.05, 0.1) is 7.11 Å². The molecule has 0 aromatic heterocycles. The normalized spacial score (nSPS) is 30.4. The summed E-state index contributed by atoms with van der Waals surface area (Å²) >= 11 is 0. The van der Waals surface area contributed by atoms with Crippen molar-refractivity contribution in [3.05, 3.63) is 29.8 Å². The Kier molecular flexibility index (Phi) is 4.75. The first-order valence-electron chi connectivity index (χ1n) is 9.39. The molecule has 0 bridgehead atoms. The van der Waals surface area contributed by atoms with Gasteiger partial charge >= 0.3 is 5.97 Å². The highest BCUT2D eigenvalue weighted by Crippen LogP contribution is 2.59. The van der Waals surface area contributed by atoms with E-state index in [-0.39, 0.29) is 18.2 Å². The topological polar surface area (TPSA) is 76.1 Å². The molecule has 27 heavy (non-hydrogen) atoms. The zero-order valence-electron chi connectivity index (χ0n) is 16.7. The van der Waals surface area contributed by atoms with Crippen molar-refractivity contribution in [2.45, 2.75) is 57.8 Å². The van der Waals surface area contributed by atoms with Crippen LogP contribution in [0.25, 0.3) is 0 Å². The number of carbonyl (C=O) groups is 2. The number of rotatable bonds is 4. The van der Waals surface area contributed by atoms with Crippen molar-refractivity contribution in [3.63, 3.8) is 0 Å². The van der Waals surface area contributed by atoms with Gasteiger partial charge in [-0.3, -0.25) is 9.59 Å². The Morgan fingerprint density at radius 3 is 2.48 bits per heavy atom. The standard InChI is InChI=1S/C21H29NO5/c1-19(2,3)27-18(24)20-11-10-15(21(20,25)22(4)17(23)13-20)12-14-6-8-16(26-5)9-7-14/h6-9,15,25H,10-13H2,1-5H3/t15-,20+,21-/m0/s1. The Labute approximate surface area is 160 Å². The second-order valence-electron chi connectivity index (χ2n) is 8.73. The lowest BCUT2D eigenvalue weighted by Crippen LogP contribution is -2.58. The monoisotopic (exact) mass is 375 g/mol. The van der Waals surface area contributed by atoms with Gasteiger partial charge in [-0.05, 0) is 57.7 Å². The minimum Gasteiger partial charge on any atom is -0.497 e. The number of aliphatic hydroxyl groups is 1. The molecule has 2 aliphatic rings. The molecule has 6 nitrogen and oxygen atoms in total. The van der Waals surface area contributed by atoms with Gasteiger partial charge in [0, 0.05) is 19.4 Å². The summed E-state index contributed by atoms with van der Waals surface area (Å²) in [5.74, 6) is -0.176. The van der Waals surface area contributed by atoms with Crippen molar-refractivity contribution in [3.8, 4) is 5.75 Å². The van der Waals surface area contributed by atoms with Crippen LogP contribution in [0, 0.1) is 11.3 Å². The van der Waals surface area contributed by atoms with Gasteiger partial charge in [-0.25, -0.2) is 0 Å². The lowest BCUT2D eigenvalue weighted by atomic mass is 9.76. The van der Waals surface area contributed by atoms with Gasteiger partial charge in [0.25, 0.3) is 0 Å². The number of nitrogens with zero attached hydrogens (tertiary/aromatic N) is 1. The van der Waals surface area contributed by atoms with Crippen LogP contribution in [0.15, 0.2) is 24.3 Å². The number of carbonyl (C=O) groups excluding carboxylic acids is 2. The van der Waals surface area contributed by atoms with Gasteiger partial charge in [-0.1, -0.05) is 12.1 Å². The Bertz CT molecular complexity index is 738. The summed E-state index contributed by atoms with van der Waals surface area (Å²) in [6, 6.07) is 7.65. The summed E-state index contributed by atoms with van der Waals surface area (Å²) < 4.78 is 10.8. The quantitative estimate of drug-likeness (QED) is 0.819. The van der Waals surface area contributed by atoms with Crippen LogP contribution in [0.4, 0.5) is 0 Å². The van der Waals surface area contributed by atoms with Gasteiger partial charge in [0.1, 0.15) is 16.8 Å². The first kappa shape index (κ1) is 19.7. The lowest BCUT2D eigenvalue weighted by molar-refractivity contribution is -0.199. The van der Waals surface area contributed by atoms with Gasteiger partial charge in [0.2, 0.25) is 5.91 Å². The Balaban J connectivity index is 1.92. The highest BCUT2D eigenvalue weighted by Gasteiger charge is 2.72. The maximum atomic E-state index is 13.1. The van der Waals surface area contributed by atoms with Crippen LogP contribution in [-0.4, -0.2) is 47.4 Å². The first-order valence-corrected chi connectivity index (χ1v) is 9.39.